The largest absolute Gasteiger partial charge is 0.346 e. The Morgan fingerprint density at radius 1 is 0.933 bits per heavy atom. The molecule has 156 valence electrons. The normalized spacial score (nSPS) is 14.7. The fourth-order valence-electron chi connectivity index (χ4n) is 3.50. The summed E-state index contributed by atoms with van der Waals surface area (Å²) in [4.78, 5) is 4.65. The van der Waals surface area contributed by atoms with E-state index in [1.807, 2.05) is 47.3 Å². The summed E-state index contributed by atoms with van der Waals surface area (Å²) in [5, 5.41) is 9.98. The predicted molar refractivity (Wildman–Crippen MR) is 127 cm³/mol. The Hall–Kier alpha value is -2.12. The lowest BCUT2D eigenvalue weighted by Gasteiger charge is -2.36. The Morgan fingerprint density at radius 3 is 2.43 bits per heavy atom. The molecule has 0 spiro atoms. The average molecular weight is 460 g/mol. The molecule has 1 saturated heterocycles. The van der Waals surface area contributed by atoms with Crippen molar-refractivity contribution in [3.05, 3.63) is 82.1 Å². The minimum absolute atomic E-state index is 0.665. The Bertz CT molecular complexity index is 997. The van der Waals surface area contributed by atoms with Crippen LogP contribution >= 0.6 is 35.4 Å². The first-order chi connectivity index (χ1) is 14.5. The maximum Gasteiger partial charge on any atom is 0.173 e. The van der Waals surface area contributed by atoms with Gasteiger partial charge in [0, 0.05) is 49.0 Å². The van der Waals surface area contributed by atoms with E-state index in [0.29, 0.717) is 6.54 Å². The van der Waals surface area contributed by atoms with Crippen LogP contribution < -0.4 is 5.32 Å². The fraction of sp³-hybridized carbons (Fsp3) is 0.273. The van der Waals surface area contributed by atoms with Gasteiger partial charge in [0.2, 0.25) is 0 Å². The van der Waals surface area contributed by atoms with E-state index < -0.39 is 0 Å². The number of thiocarbonyl (C=S) groups is 1. The zero-order valence-corrected chi connectivity index (χ0v) is 18.8. The maximum atomic E-state index is 6.06. The molecule has 2 aromatic carbocycles. The number of nitrogens with one attached hydrogen (secondary N) is 1. The van der Waals surface area contributed by atoms with Gasteiger partial charge in [0.15, 0.2) is 5.11 Å². The summed E-state index contributed by atoms with van der Waals surface area (Å²) < 4.78 is 1.88. The molecule has 0 atom stereocenters. The minimum Gasteiger partial charge on any atom is -0.346 e. The van der Waals surface area contributed by atoms with Crippen LogP contribution in [0.15, 0.2) is 60.9 Å². The van der Waals surface area contributed by atoms with Crippen LogP contribution in [0.2, 0.25) is 10.0 Å². The zero-order chi connectivity index (χ0) is 20.9. The van der Waals surface area contributed by atoms with E-state index >= 15 is 0 Å². The van der Waals surface area contributed by atoms with Crippen molar-refractivity contribution in [2.45, 2.75) is 13.1 Å². The van der Waals surface area contributed by atoms with E-state index in [-0.39, 0.29) is 0 Å². The number of piperazine rings is 1. The highest BCUT2D eigenvalue weighted by Gasteiger charge is 2.19. The highest BCUT2D eigenvalue weighted by molar-refractivity contribution is 7.80. The number of rotatable bonds is 5. The Morgan fingerprint density at radius 2 is 1.70 bits per heavy atom. The summed E-state index contributed by atoms with van der Waals surface area (Å²) in [6.07, 6.45) is 3.76. The molecule has 0 unspecified atom stereocenters. The van der Waals surface area contributed by atoms with Crippen LogP contribution in [0.25, 0.3) is 0 Å². The molecule has 30 heavy (non-hydrogen) atoms. The molecule has 2 heterocycles. The van der Waals surface area contributed by atoms with Crippen LogP contribution in [0.4, 0.5) is 5.69 Å². The second kappa shape index (κ2) is 9.79. The first kappa shape index (κ1) is 21.1. The Balaban J connectivity index is 1.26. The summed E-state index contributed by atoms with van der Waals surface area (Å²) in [6.45, 7) is 5.34. The molecule has 0 bridgehead atoms. The third-order valence-electron chi connectivity index (χ3n) is 5.10. The molecule has 8 heteroatoms. The van der Waals surface area contributed by atoms with Crippen molar-refractivity contribution >= 4 is 46.2 Å². The van der Waals surface area contributed by atoms with Crippen LogP contribution in [-0.4, -0.2) is 50.9 Å². The lowest BCUT2D eigenvalue weighted by atomic mass is 10.2. The van der Waals surface area contributed by atoms with E-state index in [1.54, 1.807) is 6.20 Å². The molecule has 1 aromatic heterocycles. The topological polar surface area (TPSA) is 36.3 Å². The second-order valence-electron chi connectivity index (χ2n) is 7.38. The molecule has 0 radical (unpaired) electrons. The lowest BCUT2D eigenvalue weighted by Crippen LogP contribution is -2.49. The SMILES string of the molecule is S=C(Nc1cnn(Cc2cccc(Cl)c2)c1)N1CCN(Cc2ccc(Cl)cc2)CC1. The maximum absolute atomic E-state index is 6.06. The highest BCUT2D eigenvalue weighted by atomic mass is 35.5. The smallest absolute Gasteiger partial charge is 0.173 e. The first-order valence-corrected chi connectivity index (χ1v) is 11.0. The molecule has 0 aliphatic carbocycles. The Kier molecular flexibility index (Phi) is 6.89. The van der Waals surface area contributed by atoms with Gasteiger partial charge in [0.1, 0.15) is 0 Å². The van der Waals surface area contributed by atoms with Gasteiger partial charge in [0.25, 0.3) is 0 Å². The van der Waals surface area contributed by atoms with Crippen LogP contribution in [0.3, 0.4) is 0 Å². The van der Waals surface area contributed by atoms with Crippen LogP contribution in [0.1, 0.15) is 11.1 Å². The van der Waals surface area contributed by atoms with Gasteiger partial charge in [-0.05, 0) is 47.6 Å². The molecular weight excluding hydrogens is 437 g/mol. The van der Waals surface area contributed by atoms with E-state index in [4.69, 9.17) is 35.4 Å². The van der Waals surface area contributed by atoms with E-state index in [0.717, 1.165) is 59.1 Å². The van der Waals surface area contributed by atoms with Crippen molar-refractivity contribution in [1.29, 1.82) is 0 Å². The summed E-state index contributed by atoms with van der Waals surface area (Å²) in [7, 11) is 0. The number of nitrogens with zero attached hydrogens (tertiary/aromatic N) is 4. The van der Waals surface area contributed by atoms with Gasteiger partial charge in [-0.2, -0.15) is 5.10 Å². The molecule has 1 aliphatic rings. The molecule has 0 saturated carbocycles. The van der Waals surface area contributed by atoms with Gasteiger partial charge in [-0.3, -0.25) is 9.58 Å². The number of benzene rings is 2. The van der Waals surface area contributed by atoms with Crippen LogP contribution in [0, 0.1) is 0 Å². The van der Waals surface area contributed by atoms with E-state index in [2.05, 4.69) is 32.3 Å². The summed E-state index contributed by atoms with van der Waals surface area (Å²) >= 11 is 17.7. The van der Waals surface area contributed by atoms with Crippen molar-refractivity contribution < 1.29 is 0 Å². The fourth-order valence-corrected chi connectivity index (χ4v) is 4.14. The van der Waals surface area contributed by atoms with Gasteiger partial charge in [-0.25, -0.2) is 0 Å². The van der Waals surface area contributed by atoms with Crippen molar-refractivity contribution in [3.8, 4) is 0 Å². The van der Waals surface area contributed by atoms with Gasteiger partial charge in [-0.1, -0.05) is 47.5 Å². The molecule has 1 aliphatic heterocycles. The van der Waals surface area contributed by atoms with E-state index in [9.17, 15) is 0 Å². The summed E-state index contributed by atoms with van der Waals surface area (Å²) in [5.74, 6) is 0. The minimum atomic E-state index is 0.665. The van der Waals surface area contributed by atoms with Crippen molar-refractivity contribution in [2.24, 2.45) is 0 Å². The molecule has 4 rings (SSSR count). The third kappa shape index (κ3) is 5.73. The summed E-state index contributed by atoms with van der Waals surface area (Å²) in [5.41, 5.74) is 3.28. The molecule has 1 N–H and O–H groups in total. The number of aromatic nitrogens is 2. The molecule has 5 nitrogen and oxygen atoms in total. The first-order valence-electron chi connectivity index (χ1n) is 9.85. The molecule has 0 amide bonds. The van der Waals surface area contributed by atoms with Gasteiger partial charge < -0.3 is 10.2 Å². The number of hydrogen-bond donors (Lipinski definition) is 1. The average Bonchev–Trinajstić information content (AvgIpc) is 3.17. The van der Waals surface area contributed by atoms with Crippen LogP contribution in [-0.2, 0) is 13.1 Å². The standard InChI is InChI=1S/C22H23Cl2N5S/c23-19-6-4-17(5-7-19)14-27-8-10-28(11-9-27)22(30)26-21-13-25-29(16-21)15-18-2-1-3-20(24)12-18/h1-7,12-13,16H,8-11,14-15H2,(H,26,30). The monoisotopic (exact) mass is 459 g/mol. The van der Waals surface area contributed by atoms with Crippen molar-refractivity contribution in [2.75, 3.05) is 31.5 Å². The lowest BCUT2D eigenvalue weighted by molar-refractivity contribution is 0.177. The highest BCUT2D eigenvalue weighted by Crippen LogP contribution is 2.15. The molecule has 3 aromatic rings. The van der Waals surface area contributed by atoms with Gasteiger partial charge in [0.05, 0.1) is 18.4 Å². The second-order valence-corrected chi connectivity index (χ2v) is 8.64. The molecular formula is C22H23Cl2N5S. The van der Waals surface area contributed by atoms with Crippen LogP contribution in [0.5, 0.6) is 0 Å². The third-order valence-corrected chi connectivity index (χ3v) is 5.94. The molecule has 1 fully saturated rings. The van der Waals surface area contributed by atoms with Gasteiger partial charge >= 0.3 is 0 Å². The number of anilines is 1. The van der Waals surface area contributed by atoms with E-state index in [1.165, 1.54) is 5.56 Å². The van der Waals surface area contributed by atoms with Crippen molar-refractivity contribution in [1.82, 2.24) is 19.6 Å². The zero-order valence-electron chi connectivity index (χ0n) is 16.5. The quantitative estimate of drug-likeness (QED) is 0.556. The number of hydrogen-bond acceptors (Lipinski definition) is 3. The Labute approximate surface area is 192 Å². The predicted octanol–water partition coefficient (Wildman–Crippen LogP) is 4.75. The van der Waals surface area contributed by atoms with Gasteiger partial charge in [-0.15, -0.1) is 0 Å². The summed E-state index contributed by atoms with van der Waals surface area (Å²) in [6, 6.07) is 15.9. The van der Waals surface area contributed by atoms with Crippen molar-refractivity contribution in [3.63, 3.8) is 0 Å². The number of halogens is 2.